The third-order valence-corrected chi connectivity index (χ3v) is 6.76. The molecule has 0 bridgehead atoms. The lowest BCUT2D eigenvalue weighted by Gasteiger charge is -2.19. The lowest BCUT2D eigenvalue weighted by molar-refractivity contribution is -0.144. The Hall–Kier alpha value is -3.33. The van der Waals surface area contributed by atoms with Crippen molar-refractivity contribution in [3.63, 3.8) is 0 Å². The number of benzene rings is 2. The number of nitrogens with zero attached hydrogens (tertiary/aromatic N) is 1. The van der Waals surface area contributed by atoms with Crippen molar-refractivity contribution in [3.05, 3.63) is 65.7 Å². The Balaban J connectivity index is 1.91. The Morgan fingerprint density at radius 1 is 0.933 bits per heavy atom. The molecule has 0 fully saturated rings. The zero-order valence-electron chi connectivity index (χ0n) is 16.1. The van der Waals surface area contributed by atoms with Gasteiger partial charge >= 0.3 is 5.97 Å². The molecule has 30 heavy (non-hydrogen) atoms. The summed E-state index contributed by atoms with van der Waals surface area (Å²) < 4.78 is 30.9. The van der Waals surface area contributed by atoms with Crippen molar-refractivity contribution >= 4 is 33.4 Å². The van der Waals surface area contributed by atoms with Gasteiger partial charge in [0.25, 0.3) is 11.8 Å². The van der Waals surface area contributed by atoms with Crippen LogP contribution in [0.4, 0.5) is 0 Å². The average Bonchev–Trinajstić information content (AvgIpc) is 2.98. The van der Waals surface area contributed by atoms with Gasteiger partial charge in [-0.2, -0.15) is 0 Å². The summed E-state index contributed by atoms with van der Waals surface area (Å²) in [7, 11) is -4.26. The number of carbonyl (C=O) groups is 4. The maximum atomic E-state index is 13.1. The van der Waals surface area contributed by atoms with Crippen LogP contribution in [-0.4, -0.2) is 55.3 Å². The van der Waals surface area contributed by atoms with Gasteiger partial charge in [-0.15, -0.1) is 0 Å². The number of esters is 1. The second-order valence-corrected chi connectivity index (χ2v) is 8.69. The fraction of sp³-hybridized carbons (Fsp3) is 0.238. The highest BCUT2D eigenvalue weighted by Gasteiger charge is 2.41. The molecule has 1 atom stereocenters. The lowest BCUT2D eigenvalue weighted by Crippen LogP contribution is -2.43. The quantitative estimate of drug-likeness (QED) is 0.355. The van der Waals surface area contributed by atoms with E-state index < -0.39 is 51.6 Å². The van der Waals surface area contributed by atoms with Crippen molar-refractivity contribution in [3.8, 4) is 0 Å². The highest BCUT2D eigenvalue weighted by molar-refractivity contribution is 7.92. The van der Waals surface area contributed by atoms with Gasteiger partial charge in [0.05, 0.1) is 35.6 Å². The standard InChI is InChI=1S/C21H19NO7S/c1-2-29-19(24)12-18(30(27,28)14-8-4-3-5-9-14)17(23)13-22-20(25)15-10-6-7-11-16(15)21(22)26/h3-11,18H,2,12-13H2,1H3/i18+1. The maximum absolute atomic E-state index is 13.1. The van der Waals surface area contributed by atoms with Gasteiger partial charge in [0.2, 0.25) is 0 Å². The molecule has 1 aliphatic heterocycles. The van der Waals surface area contributed by atoms with Gasteiger partial charge in [-0.1, -0.05) is 30.3 Å². The first kappa shape index (κ1) is 21.4. The second kappa shape index (κ2) is 8.58. The SMILES string of the molecule is CCOC(=O)C[13CH](C(=O)CN1C(=O)c2ccccc2C1=O)S(=O)(=O)c1ccccc1. The Morgan fingerprint density at radius 3 is 2.00 bits per heavy atom. The molecule has 0 N–H and O–H groups in total. The molecule has 1 aliphatic rings. The van der Waals surface area contributed by atoms with Crippen molar-refractivity contribution in [2.45, 2.75) is 23.5 Å². The molecule has 0 radical (unpaired) electrons. The third kappa shape index (κ3) is 4.02. The van der Waals surface area contributed by atoms with E-state index in [-0.39, 0.29) is 22.6 Å². The Bertz CT molecular complexity index is 1070. The van der Waals surface area contributed by atoms with E-state index in [0.29, 0.717) is 4.90 Å². The summed E-state index contributed by atoms with van der Waals surface area (Å²) in [6.07, 6.45) is -0.715. The molecule has 1 unspecified atom stereocenters. The van der Waals surface area contributed by atoms with Crippen LogP contribution in [-0.2, 0) is 24.2 Å². The molecule has 3 rings (SSSR count). The van der Waals surface area contributed by atoms with Crippen molar-refractivity contribution in [1.29, 1.82) is 0 Å². The molecule has 9 heteroatoms. The van der Waals surface area contributed by atoms with Gasteiger partial charge in [-0.25, -0.2) is 8.42 Å². The molecule has 0 saturated heterocycles. The van der Waals surface area contributed by atoms with Gasteiger partial charge < -0.3 is 4.74 Å². The highest BCUT2D eigenvalue weighted by atomic mass is 32.2. The number of carbonyl (C=O) groups excluding carboxylic acids is 4. The van der Waals surface area contributed by atoms with E-state index in [4.69, 9.17) is 4.74 Å². The molecule has 156 valence electrons. The molecule has 1 heterocycles. The lowest BCUT2D eigenvalue weighted by atomic mass is 10.1. The number of imide groups is 1. The summed E-state index contributed by atoms with van der Waals surface area (Å²) in [5.41, 5.74) is 0.284. The van der Waals surface area contributed by atoms with Crippen LogP contribution in [0, 0.1) is 0 Å². The predicted molar refractivity (Wildman–Crippen MR) is 105 cm³/mol. The number of Topliss-reactive ketones (excluding diaryl/α,β-unsaturated/α-hetero) is 1. The molecule has 0 aliphatic carbocycles. The Kier molecular flexibility index (Phi) is 6.12. The molecule has 2 amide bonds. The molecule has 2 aromatic rings. The van der Waals surface area contributed by atoms with Crippen LogP contribution in [0.15, 0.2) is 59.5 Å². The fourth-order valence-electron chi connectivity index (χ4n) is 3.18. The summed E-state index contributed by atoms with van der Waals surface area (Å²) in [5.74, 6) is -3.17. The number of amides is 2. The minimum atomic E-state index is -4.26. The van der Waals surface area contributed by atoms with Crippen LogP contribution >= 0.6 is 0 Å². The summed E-state index contributed by atoms with van der Waals surface area (Å²) in [5, 5.41) is -1.79. The first-order valence-electron chi connectivity index (χ1n) is 9.20. The van der Waals surface area contributed by atoms with E-state index >= 15 is 0 Å². The molecule has 2 aromatic carbocycles. The van der Waals surface area contributed by atoms with E-state index in [0.717, 1.165) is 0 Å². The molecule has 8 nitrogen and oxygen atoms in total. The number of ether oxygens (including phenoxy) is 1. The highest BCUT2D eigenvalue weighted by Crippen LogP contribution is 2.25. The van der Waals surface area contributed by atoms with Gasteiger partial charge in [0.15, 0.2) is 15.6 Å². The summed E-state index contributed by atoms with van der Waals surface area (Å²) in [6, 6.07) is 13.3. The van der Waals surface area contributed by atoms with Crippen molar-refractivity contribution < 1.29 is 32.3 Å². The molecular formula is C21H19NO7S. The topological polar surface area (TPSA) is 115 Å². The summed E-state index contributed by atoms with van der Waals surface area (Å²) in [4.78, 5) is 50.6. The van der Waals surface area contributed by atoms with Gasteiger partial charge in [0, 0.05) is 0 Å². The van der Waals surface area contributed by atoms with E-state index in [9.17, 15) is 27.6 Å². The second-order valence-electron chi connectivity index (χ2n) is 6.56. The third-order valence-electron chi connectivity index (χ3n) is 4.65. The smallest absolute Gasteiger partial charge is 0.307 e. The predicted octanol–water partition coefficient (Wildman–Crippen LogP) is 1.65. The van der Waals surface area contributed by atoms with Crippen molar-refractivity contribution in [2.24, 2.45) is 0 Å². The zero-order valence-corrected chi connectivity index (χ0v) is 16.9. The largest absolute Gasteiger partial charge is 0.466 e. The Labute approximate surface area is 173 Å². The molecule has 0 saturated carbocycles. The number of ketones is 1. The van der Waals surface area contributed by atoms with Gasteiger partial charge in [-0.05, 0) is 31.2 Å². The van der Waals surface area contributed by atoms with Crippen LogP contribution in [0.3, 0.4) is 0 Å². The van der Waals surface area contributed by atoms with E-state index in [1.54, 1.807) is 25.1 Å². The molecule has 0 aromatic heterocycles. The van der Waals surface area contributed by atoms with Gasteiger partial charge in [-0.3, -0.25) is 24.1 Å². The fourth-order valence-corrected chi connectivity index (χ4v) is 4.82. The summed E-state index contributed by atoms with van der Waals surface area (Å²) >= 11 is 0. The van der Waals surface area contributed by atoms with E-state index in [2.05, 4.69) is 0 Å². The minimum Gasteiger partial charge on any atom is -0.466 e. The molecule has 0 spiro atoms. The number of sulfone groups is 1. The number of fused-ring (bicyclic) bond motifs is 1. The van der Waals surface area contributed by atoms with Crippen LogP contribution in [0.5, 0.6) is 0 Å². The average molecular weight is 430 g/mol. The zero-order chi connectivity index (χ0) is 21.9. The number of hydrogen-bond acceptors (Lipinski definition) is 7. The first-order valence-corrected chi connectivity index (χ1v) is 10.7. The first-order chi connectivity index (χ1) is 14.3. The normalized spacial score (nSPS) is 14.4. The van der Waals surface area contributed by atoms with Crippen LogP contribution in [0.1, 0.15) is 34.1 Å². The summed E-state index contributed by atoms with van der Waals surface area (Å²) in [6.45, 7) is 0.811. The molecular weight excluding hydrogens is 411 g/mol. The minimum absolute atomic E-state index is 0.0174. The number of hydrogen-bond donors (Lipinski definition) is 0. The maximum Gasteiger partial charge on any atom is 0.307 e. The van der Waals surface area contributed by atoms with Crippen molar-refractivity contribution in [1.82, 2.24) is 4.90 Å². The van der Waals surface area contributed by atoms with Crippen LogP contribution < -0.4 is 0 Å². The Morgan fingerprint density at radius 2 is 1.47 bits per heavy atom. The van der Waals surface area contributed by atoms with Crippen molar-refractivity contribution in [2.75, 3.05) is 13.2 Å². The van der Waals surface area contributed by atoms with E-state index in [1.807, 2.05) is 0 Å². The van der Waals surface area contributed by atoms with Crippen LogP contribution in [0.25, 0.3) is 0 Å². The monoisotopic (exact) mass is 430 g/mol. The number of rotatable bonds is 8. The van der Waals surface area contributed by atoms with Gasteiger partial charge in [0.1, 0.15) is 5.25 Å². The van der Waals surface area contributed by atoms with E-state index in [1.165, 1.54) is 36.4 Å². The van der Waals surface area contributed by atoms with Crippen LogP contribution in [0.2, 0.25) is 0 Å².